The van der Waals surface area contributed by atoms with Crippen molar-refractivity contribution in [2.75, 3.05) is 26.1 Å². The van der Waals surface area contributed by atoms with Crippen molar-refractivity contribution in [2.45, 2.75) is 0 Å². The van der Waals surface area contributed by atoms with Gasteiger partial charge in [0.15, 0.2) is 0 Å². The van der Waals surface area contributed by atoms with Crippen LogP contribution in [-0.2, 0) is 0 Å². The zero-order chi connectivity index (χ0) is 15.1. The zero-order valence-corrected chi connectivity index (χ0v) is 11.7. The molecule has 0 spiro atoms. The Bertz CT molecular complexity index is 633. The first-order valence-corrected chi connectivity index (χ1v) is 6.42. The van der Waals surface area contributed by atoms with Crippen LogP contribution >= 0.6 is 0 Å². The topological polar surface area (TPSA) is 77.5 Å². The first-order valence-electron chi connectivity index (χ1n) is 6.42. The third kappa shape index (κ3) is 4.05. The van der Waals surface area contributed by atoms with Gasteiger partial charge in [0.2, 0.25) is 0 Å². The molecule has 0 aliphatic heterocycles. The molecule has 5 heteroatoms. The van der Waals surface area contributed by atoms with Gasteiger partial charge in [0.05, 0.1) is 12.7 Å². The summed E-state index contributed by atoms with van der Waals surface area (Å²) in [6.07, 6.45) is 0. The summed E-state index contributed by atoms with van der Waals surface area (Å²) in [6.45, 7) is 0.714. The number of nitriles is 1. The second-order valence-corrected chi connectivity index (χ2v) is 4.24. The third-order valence-corrected chi connectivity index (χ3v) is 2.79. The predicted molar refractivity (Wildman–Crippen MR) is 79.6 cm³/mol. The summed E-state index contributed by atoms with van der Waals surface area (Å²) in [5, 5.41) is 9.00. The maximum Gasteiger partial charge on any atom is 0.137 e. The van der Waals surface area contributed by atoms with Gasteiger partial charge in [-0.15, -0.1) is 0 Å². The van der Waals surface area contributed by atoms with E-state index in [-0.39, 0.29) is 0 Å². The van der Waals surface area contributed by atoms with Crippen molar-refractivity contribution in [1.29, 1.82) is 5.26 Å². The van der Waals surface area contributed by atoms with Gasteiger partial charge >= 0.3 is 0 Å². The van der Waals surface area contributed by atoms with Crippen LogP contribution in [0.15, 0.2) is 42.5 Å². The molecule has 0 saturated carbocycles. The van der Waals surface area contributed by atoms with Crippen LogP contribution in [0.5, 0.6) is 17.2 Å². The van der Waals surface area contributed by atoms with Gasteiger partial charge in [0, 0.05) is 5.69 Å². The number of ether oxygens (including phenoxy) is 3. The van der Waals surface area contributed by atoms with Crippen molar-refractivity contribution in [1.82, 2.24) is 0 Å². The minimum atomic E-state index is 0.338. The Morgan fingerprint density at radius 3 is 2.33 bits per heavy atom. The van der Waals surface area contributed by atoms with Crippen LogP contribution in [0.25, 0.3) is 0 Å². The standard InChI is InChI=1S/C16H16N2O3/c1-19-14-3-5-15(6-4-14)20-8-9-21-16-7-2-13(18)10-12(16)11-17/h2-7,10H,8-9,18H2,1H3. The van der Waals surface area contributed by atoms with Crippen molar-refractivity contribution in [3.63, 3.8) is 0 Å². The molecule has 0 saturated heterocycles. The molecule has 108 valence electrons. The van der Waals surface area contributed by atoms with Crippen LogP contribution in [0.1, 0.15) is 5.56 Å². The molecule has 21 heavy (non-hydrogen) atoms. The molecule has 2 N–H and O–H groups in total. The van der Waals surface area contributed by atoms with Gasteiger partial charge in [-0.3, -0.25) is 0 Å². The number of benzene rings is 2. The first-order chi connectivity index (χ1) is 10.2. The fraction of sp³-hybridized carbons (Fsp3) is 0.188. The van der Waals surface area contributed by atoms with Crippen LogP contribution in [0.3, 0.4) is 0 Å². The van der Waals surface area contributed by atoms with Crippen LogP contribution in [0.2, 0.25) is 0 Å². The highest BCUT2D eigenvalue weighted by molar-refractivity contribution is 5.53. The third-order valence-electron chi connectivity index (χ3n) is 2.79. The van der Waals surface area contributed by atoms with Crippen LogP contribution in [0.4, 0.5) is 5.69 Å². The number of hydrogen-bond donors (Lipinski definition) is 1. The summed E-state index contributed by atoms with van der Waals surface area (Å²) in [7, 11) is 1.61. The van der Waals surface area contributed by atoms with E-state index in [9.17, 15) is 0 Å². The highest BCUT2D eigenvalue weighted by atomic mass is 16.5. The zero-order valence-electron chi connectivity index (χ0n) is 11.7. The molecule has 0 atom stereocenters. The first kappa shape index (κ1) is 14.5. The number of nitrogens with zero attached hydrogens (tertiary/aromatic N) is 1. The Morgan fingerprint density at radius 1 is 1.00 bits per heavy atom. The molecule has 0 heterocycles. The number of rotatable bonds is 6. The molecule has 2 aromatic carbocycles. The van der Waals surface area contributed by atoms with Crippen LogP contribution in [0, 0.1) is 11.3 Å². The lowest BCUT2D eigenvalue weighted by Crippen LogP contribution is -2.09. The molecule has 0 fully saturated rings. The second-order valence-electron chi connectivity index (χ2n) is 4.24. The Balaban J connectivity index is 1.83. The quantitative estimate of drug-likeness (QED) is 0.651. The van der Waals surface area contributed by atoms with Crippen molar-refractivity contribution < 1.29 is 14.2 Å². The Hall–Kier alpha value is -2.87. The summed E-state index contributed by atoms with van der Waals surface area (Å²) in [6, 6.07) is 14.3. The lowest BCUT2D eigenvalue weighted by Gasteiger charge is -2.10. The number of hydrogen-bond acceptors (Lipinski definition) is 5. The lowest BCUT2D eigenvalue weighted by atomic mass is 10.2. The van der Waals surface area contributed by atoms with Crippen LogP contribution in [-0.4, -0.2) is 20.3 Å². The lowest BCUT2D eigenvalue weighted by molar-refractivity contribution is 0.216. The van der Waals surface area contributed by atoms with Gasteiger partial charge in [-0.05, 0) is 42.5 Å². The van der Waals surface area contributed by atoms with Gasteiger partial charge < -0.3 is 19.9 Å². The monoisotopic (exact) mass is 284 g/mol. The summed E-state index contributed by atoms with van der Waals surface area (Å²) >= 11 is 0. The maximum absolute atomic E-state index is 9.00. The van der Waals surface area contributed by atoms with E-state index in [1.165, 1.54) is 0 Å². The molecule has 0 aliphatic carbocycles. The largest absolute Gasteiger partial charge is 0.497 e. The molecule has 0 aliphatic rings. The fourth-order valence-corrected chi connectivity index (χ4v) is 1.74. The normalized spacial score (nSPS) is 9.71. The Labute approximate surface area is 123 Å². The van der Waals surface area contributed by atoms with Gasteiger partial charge in [-0.1, -0.05) is 0 Å². The maximum atomic E-state index is 9.00. The van der Waals surface area contributed by atoms with E-state index in [0.29, 0.717) is 30.2 Å². The van der Waals surface area contributed by atoms with Gasteiger partial charge in [-0.25, -0.2) is 0 Å². The van der Waals surface area contributed by atoms with Crippen LogP contribution < -0.4 is 19.9 Å². The number of nitrogen functional groups attached to an aromatic ring is 1. The summed E-state index contributed by atoms with van der Waals surface area (Å²) < 4.78 is 16.1. The predicted octanol–water partition coefficient (Wildman–Crippen LogP) is 2.61. The van der Waals surface area contributed by atoms with Crippen molar-refractivity contribution in [3.05, 3.63) is 48.0 Å². The van der Waals surface area contributed by atoms with E-state index in [1.54, 1.807) is 25.3 Å². The summed E-state index contributed by atoms with van der Waals surface area (Å²) in [5.41, 5.74) is 6.57. The number of anilines is 1. The molecule has 2 aromatic rings. The average Bonchev–Trinajstić information content (AvgIpc) is 2.53. The second kappa shape index (κ2) is 7.06. The minimum absolute atomic E-state index is 0.338. The van der Waals surface area contributed by atoms with E-state index in [2.05, 4.69) is 0 Å². The molecule has 0 unspecified atom stereocenters. The van der Waals surface area contributed by atoms with Gasteiger partial charge in [-0.2, -0.15) is 5.26 Å². The number of methoxy groups -OCH3 is 1. The Kier molecular flexibility index (Phi) is 4.89. The highest BCUT2D eigenvalue weighted by Crippen LogP contribution is 2.20. The van der Waals surface area contributed by atoms with Crippen molar-refractivity contribution in [3.8, 4) is 23.3 Å². The summed E-state index contributed by atoms with van der Waals surface area (Å²) in [4.78, 5) is 0. The smallest absolute Gasteiger partial charge is 0.137 e. The molecule has 2 rings (SSSR count). The van der Waals surface area contributed by atoms with E-state index >= 15 is 0 Å². The highest BCUT2D eigenvalue weighted by Gasteiger charge is 2.03. The fourth-order valence-electron chi connectivity index (χ4n) is 1.74. The minimum Gasteiger partial charge on any atom is -0.497 e. The van der Waals surface area contributed by atoms with Gasteiger partial charge in [0.1, 0.15) is 36.5 Å². The van der Waals surface area contributed by atoms with Crippen molar-refractivity contribution in [2.24, 2.45) is 0 Å². The Morgan fingerprint density at radius 2 is 1.67 bits per heavy atom. The molecule has 0 bridgehead atoms. The summed E-state index contributed by atoms with van der Waals surface area (Å²) in [5.74, 6) is 2.02. The molecule has 0 amide bonds. The molecular formula is C16H16N2O3. The van der Waals surface area contributed by atoms with Crippen molar-refractivity contribution >= 4 is 5.69 Å². The molecule has 0 aromatic heterocycles. The van der Waals surface area contributed by atoms with E-state index in [0.717, 1.165) is 11.5 Å². The molecule has 0 radical (unpaired) electrons. The van der Waals surface area contributed by atoms with E-state index < -0.39 is 0 Å². The average molecular weight is 284 g/mol. The number of nitrogens with two attached hydrogens (primary N) is 1. The molecular weight excluding hydrogens is 268 g/mol. The van der Waals surface area contributed by atoms with E-state index in [4.69, 9.17) is 25.2 Å². The SMILES string of the molecule is COc1ccc(OCCOc2ccc(N)cc2C#N)cc1. The van der Waals surface area contributed by atoms with E-state index in [1.807, 2.05) is 30.3 Å². The van der Waals surface area contributed by atoms with Gasteiger partial charge in [0.25, 0.3) is 0 Å². The molecule has 5 nitrogen and oxygen atoms in total.